The lowest BCUT2D eigenvalue weighted by Gasteiger charge is -2.34. The first-order chi connectivity index (χ1) is 12.9. The summed E-state index contributed by atoms with van der Waals surface area (Å²) in [5, 5.41) is 8.82. The third-order valence-electron chi connectivity index (χ3n) is 5.21. The van der Waals surface area contributed by atoms with Gasteiger partial charge in [0.05, 0.1) is 37.4 Å². The van der Waals surface area contributed by atoms with Crippen molar-refractivity contribution in [2.75, 3.05) is 31.2 Å². The number of rotatable bonds is 7. The van der Waals surface area contributed by atoms with Crippen LogP contribution in [0.1, 0.15) is 38.5 Å². The van der Waals surface area contributed by atoms with Crippen LogP contribution in [-0.2, 0) is 9.53 Å². The van der Waals surface area contributed by atoms with Crippen LogP contribution in [0.5, 0.6) is 5.75 Å². The van der Waals surface area contributed by atoms with Crippen LogP contribution in [0.3, 0.4) is 0 Å². The van der Waals surface area contributed by atoms with Gasteiger partial charge in [0.25, 0.3) is 0 Å². The fourth-order valence-electron chi connectivity index (χ4n) is 3.55. The molecule has 1 saturated carbocycles. The Labute approximate surface area is 157 Å². The molecule has 8 heteroatoms. The molecule has 0 amide bonds. The molecule has 0 bridgehead atoms. The van der Waals surface area contributed by atoms with E-state index < -0.39 is 11.9 Å². The van der Waals surface area contributed by atoms with Crippen LogP contribution >= 0.6 is 0 Å². The molecule has 1 aliphatic carbocycles. The molecule has 0 aromatic carbocycles. The summed E-state index contributed by atoms with van der Waals surface area (Å²) in [7, 11) is 0. The highest BCUT2D eigenvalue weighted by molar-refractivity contribution is 5.66. The van der Waals surface area contributed by atoms with Crippen molar-refractivity contribution < 1.29 is 28.2 Å². The number of alkyl halides is 2. The predicted octanol–water partition coefficient (Wildman–Crippen LogP) is 3.36. The Balaban J connectivity index is 1.51. The van der Waals surface area contributed by atoms with Crippen molar-refractivity contribution in [3.63, 3.8) is 0 Å². The zero-order chi connectivity index (χ0) is 19.3. The van der Waals surface area contributed by atoms with Crippen LogP contribution in [-0.4, -0.2) is 54.4 Å². The van der Waals surface area contributed by atoms with Crippen LogP contribution < -0.4 is 9.64 Å². The molecule has 1 aromatic heterocycles. The van der Waals surface area contributed by atoms with Crippen molar-refractivity contribution in [3.8, 4) is 5.75 Å². The number of aromatic nitrogens is 1. The Kier molecular flexibility index (Phi) is 6.46. The Bertz CT molecular complexity index is 634. The summed E-state index contributed by atoms with van der Waals surface area (Å²) in [6.45, 7) is 2.26. The maximum atomic E-state index is 13.2. The molecule has 1 atom stereocenters. The Morgan fingerprint density at radius 3 is 2.89 bits per heavy atom. The van der Waals surface area contributed by atoms with Gasteiger partial charge in [0.15, 0.2) is 0 Å². The van der Waals surface area contributed by atoms with Gasteiger partial charge in [0, 0.05) is 38.4 Å². The van der Waals surface area contributed by atoms with Crippen molar-refractivity contribution in [2.45, 2.75) is 50.6 Å². The number of morpholine rings is 1. The van der Waals surface area contributed by atoms with E-state index in [1.54, 1.807) is 12.4 Å². The van der Waals surface area contributed by atoms with Gasteiger partial charge in [0.2, 0.25) is 5.92 Å². The topological polar surface area (TPSA) is 71.9 Å². The lowest BCUT2D eigenvalue weighted by atomic mass is 9.87. The van der Waals surface area contributed by atoms with E-state index in [1.165, 1.54) is 0 Å². The van der Waals surface area contributed by atoms with E-state index in [1.807, 2.05) is 6.07 Å². The van der Waals surface area contributed by atoms with Gasteiger partial charge < -0.3 is 19.5 Å². The zero-order valence-corrected chi connectivity index (χ0v) is 15.3. The molecule has 1 saturated heterocycles. The summed E-state index contributed by atoms with van der Waals surface area (Å²) in [5.74, 6) is -2.57. The van der Waals surface area contributed by atoms with Crippen molar-refractivity contribution in [3.05, 3.63) is 18.5 Å². The van der Waals surface area contributed by atoms with Crippen molar-refractivity contribution >= 4 is 11.7 Å². The number of hydrogen-bond donors (Lipinski definition) is 1. The van der Waals surface area contributed by atoms with E-state index in [0.717, 1.165) is 5.69 Å². The molecule has 0 unspecified atom stereocenters. The van der Waals surface area contributed by atoms with Gasteiger partial charge in [0.1, 0.15) is 5.75 Å². The number of ether oxygens (including phenoxy) is 2. The van der Waals surface area contributed by atoms with E-state index in [-0.39, 0.29) is 31.3 Å². The number of carbonyl (C=O) groups is 1. The highest BCUT2D eigenvalue weighted by atomic mass is 19.3. The molecular formula is C19H26F2N2O4. The average molecular weight is 384 g/mol. The van der Waals surface area contributed by atoms with Gasteiger partial charge in [-0.25, -0.2) is 8.78 Å². The van der Waals surface area contributed by atoms with E-state index in [9.17, 15) is 13.6 Å². The third-order valence-corrected chi connectivity index (χ3v) is 5.21. The first-order valence-electron chi connectivity index (χ1n) is 9.45. The molecule has 3 rings (SSSR count). The van der Waals surface area contributed by atoms with E-state index in [2.05, 4.69) is 9.88 Å². The first-order valence-corrected chi connectivity index (χ1v) is 9.45. The number of anilines is 1. The number of pyridine rings is 1. The molecular weight excluding hydrogens is 358 g/mol. The van der Waals surface area contributed by atoms with Gasteiger partial charge >= 0.3 is 5.97 Å². The molecule has 150 valence electrons. The Hall–Kier alpha value is -1.96. The van der Waals surface area contributed by atoms with Crippen molar-refractivity contribution in [1.82, 2.24) is 4.98 Å². The summed E-state index contributed by atoms with van der Waals surface area (Å²) in [6, 6.07) is 1.89. The number of hydrogen-bond acceptors (Lipinski definition) is 5. The van der Waals surface area contributed by atoms with Crippen LogP contribution in [0.4, 0.5) is 14.5 Å². The minimum atomic E-state index is -2.52. The predicted molar refractivity (Wildman–Crippen MR) is 95.5 cm³/mol. The fourth-order valence-corrected chi connectivity index (χ4v) is 3.55. The number of carboxylic acid groups (broad SMARTS) is 1. The van der Waals surface area contributed by atoms with E-state index in [0.29, 0.717) is 51.3 Å². The van der Waals surface area contributed by atoms with Crippen molar-refractivity contribution in [2.24, 2.45) is 5.92 Å². The number of nitrogens with zero attached hydrogens (tertiary/aromatic N) is 2. The molecule has 6 nitrogen and oxygen atoms in total. The molecule has 1 N–H and O–H groups in total. The Morgan fingerprint density at radius 1 is 1.37 bits per heavy atom. The van der Waals surface area contributed by atoms with Crippen LogP contribution in [0, 0.1) is 5.92 Å². The number of aliphatic carboxylic acids is 1. The minimum Gasteiger partial charge on any atom is -0.492 e. The second-order valence-electron chi connectivity index (χ2n) is 7.36. The Morgan fingerprint density at radius 2 is 2.15 bits per heavy atom. The summed E-state index contributed by atoms with van der Waals surface area (Å²) < 4.78 is 37.9. The van der Waals surface area contributed by atoms with Gasteiger partial charge in [-0.3, -0.25) is 9.78 Å². The van der Waals surface area contributed by atoms with Crippen LogP contribution in [0.15, 0.2) is 18.5 Å². The lowest BCUT2D eigenvalue weighted by Crippen LogP contribution is -2.42. The third kappa shape index (κ3) is 6.02. The molecule has 2 aliphatic rings. The standard InChI is InChI=1S/C19H26F2N2O4/c20-19(21)5-3-14(4-6-19)13-27-17-9-15(10-22-11-17)23-7-8-26-16(12-23)1-2-18(24)25/h9-11,14,16H,1-8,12-13H2,(H,24,25)/t16-/m0/s1. The maximum absolute atomic E-state index is 13.2. The largest absolute Gasteiger partial charge is 0.492 e. The molecule has 2 fully saturated rings. The monoisotopic (exact) mass is 384 g/mol. The molecule has 0 spiro atoms. The smallest absolute Gasteiger partial charge is 0.303 e. The maximum Gasteiger partial charge on any atom is 0.303 e. The molecule has 0 radical (unpaired) electrons. The van der Waals surface area contributed by atoms with Crippen molar-refractivity contribution in [1.29, 1.82) is 0 Å². The number of carboxylic acids is 1. The lowest BCUT2D eigenvalue weighted by molar-refractivity contribution is -0.137. The zero-order valence-electron chi connectivity index (χ0n) is 15.3. The molecule has 1 aromatic rings. The molecule has 1 aliphatic heterocycles. The minimum absolute atomic E-state index is 0.0647. The normalized spacial score (nSPS) is 23.2. The summed E-state index contributed by atoms with van der Waals surface area (Å²) in [5.41, 5.74) is 0.895. The average Bonchev–Trinajstić information content (AvgIpc) is 2.66. The molecule has 2 heterocycles. The van der Waals surface area contributed by atoms with Gasteiger partial charge in [-0.05, 0) is 25.2 Å². The van der Waals surface area contributed by atoms with Gasteiger partial charge in [-0.2, -0.15) is 0 Å². The van der Waals surface area contributed by atoms with E-state index in [4.69, 9.17) is 14.6 Å². The van der Waals surface area contributed by atoms with E-state index >= 15 is 0 Å². The fraction of sp³-hybridized carbons (Fsp3) is 0.684. The summed E-state index contributed by atoms with van der Waals surface area (Å²) >= 11 is 0. The van der Waals surface area contributed by atoms with Crippen LogP contribution in [0.25, 0.3) is 0 Å². The second-order valence-corrected chi connectivity index (χ2v) is 7.36. The molecule has 27 heavy (non-hydrogen) atoms. The highest BCUT2D eigenvalue weighted by Crippen LogP contribution is 2.36. The quantitative estimate of drug-likeness (QED) is 0.777. The van der Waals surface area contributed by atoms with Gasteiger partial charge in [-0.15, -0.1) is 0 Å². The SMILES string of the molecule is O=C(O)CC[C@H]1CN(c2cncc(OCC3CCC(F)(F)CC3)c2)CCO1. The summed E-state index contributed by atoms with van der Waals surface area (Å²) in [4.78, 5) is 17.1. The van der Waals surface area contributed by atoms with Gasteiger partial charge in [-0.1, -0.05) is 0 Å². The van der Waals surface area contributed by atoms with Crippen LogP contribution in [0.2, 0.25) is 0 Å². The number of halogens is 2. The summed E-state index contributed by atoms with van der Waals surface area (Å²) in [6.07, 6.45) is 4.64. The highest BCUT2D eigenvalue weighted by Gasteiger charge is 2.35. The second kappa shape index (κ2) is 8.82. The first kappa shape index (κ1) is 19.8.